The Balaban J connectivity index is 1.75. The van der Waals surface area contributed by atoms with Gasteiger partial charge in [0.1, 0.15) is 5.82 Å². The fourth-order valence-electron chi connectivity index (χ4n) is 3.37. The first-order chi connectivity index (χ1) is 13.4. The van der Waals surface area contributed by atoms with Gasteiger partial charge in [-0.05, 0) is 95.2 Å². The van der Waals surface area contributed by atoms with Gasteiger partial charge in [-0.15, -0.1) is 0 Å². The Kier molecular flexibility index (Phi) is 6.34. The fraction of sp³-hybridized carbons (Fsp3) is 0.320. The molecule has 0 aliphatic rings. The van der Waals surface area contributed by atoms with Crippen molar-refractivity contribution in [2.45, 2.75) is 33.6 Å². The van der Waals surface area contributed by atoms with Gasteiger partial charge in [-0.25, -0.2) is 4.98 Å². The van der Waals surface area contributed by atoms with Gasteiger partial charge in [0, 0.05) is 22.6 Å². The minimum absolute atomic E-state index is 0.776. The van der Waals surface area contributed by atoms with Crippen LogP contribution in [0.3, 0.4) is 0 Å². The molecule has 3 rings (SSSR count). The van der Waals surface area contributed by atoms with E-state index in [4.69, 9.17) is 4.98 Å². The Labute approximate surface area is 169 Å². The molecule has 0 bridgehead atoms. The quantitative estimate of drug-likeness (QED) is 0.616. The normalized spacial score (nSPS) is 10.8. The van der Waals surface area contributed by atoms with Crippen molar-refractivity contribution in [3.8, 4) is 17.7 Å². The molecule has 2 heterocycles. The van der Waals surface area contributed by atoms with Crippen LogP contribution < -0.4 is 0 Å². The number of nitrogens with zero attached hydrogens (tertiary/aromatic N) is 3. The van der Waals surface area contributed by atoms with Crippen molar-refractivity contribution in [1.29, 1.82) is 0 Å². The zero-order valence-corrected chi connectivity index (χ0v) is 17.6. The van der Waals surface area contributed by atoms with Gasteiger partial charge in [0.05, 0.1) is 6.54 Å². The van der Waals surface area contributed by atoms with Crippen molar-refractivity contribution in [2.24, 2.45) is 0 Å². The number of aryl methyl sites for hydroxylation is 5. The van der Waals surface area contributed by atoms with Crippen LogP contribution >= 0.6 is 0 Å². The molecule has 1 aromatic carbocycles. The summed E-state index contributed by atoms with van der Waals surface area (Å²) >= 11 is 0. The van der Waals surface area contributed by atoms with E-state index in [1.165, 1.54) is 22.5 Å². The fourth-order valence-corrected chi connectivity index (χ4v) is 3.37. The molecule has 3 heteroatoms. The Hall–Kier alpha value is -2.83. The van der Waals surface area contributed by atoms with Crippen molar-refractivity contribution in [1.82, 2.24) is 14.5 Å². The van der Waals surface area contributed by atoms with Crippen LogP contribution in [-0.4, -0.2) is 35.1 Å². The molecule has 0 saturated carbocycles. The highest BCUT2D eigenvalue weighted by Crippen LogP contribution is 2.17. The highest BCUT2D eigenvalue weighted by Gasteiger charge is 2.08. The predicted octanol–water partition coefficient (Wildman–Crippen LogP) is 4.50. The maximum atomic E-state index is 4.93. The highest BCUT2D eigenvalue weighted by atomic mass is 15.1. The van der Waals surface area contributed by atoms with Crippen LogP contribution in [0.2, 0.25) is 0 Å². The van der Waals surface area contributed by atoms with E-state index >= 15 is 0 Å². The molecule has 28 heavy (non-hydrogen) atoms. The number of hydrogen-bond donors (Lipinski definition) is 0. The Morgan fingerprint density at radius 1 is 0.929 bits per heavy atom. The van der Waals surface area contributed by atoms with Gasteiger partial charge in [-0.1, -0.05) is 24.0 Å². The first kappa shape index (κ1) is 19.9. The van der Waals surface area contributed by atoms with Crippen molar-refractivity contribution >= 4 is 0 Å². The van der Waals surface area contributed by atoms with Gasteiger partial charge in [-0.3, -0.25) is 4.90 Å². The standard InChI is InChI=1S/C25H29N3/c1-19-16-24(26-25(17-19)28-20(2)11-12-21(28)3)14-13-23-9-6-8-22(18-23)10-7-15-27(4)5/h6,8-9,11-12,16-18H,13-15H2,1-5H3. The number of benzene rings is 1. The summed E-state index contributed by atoms with van der Waals surface area (Å²) in [5.41, 5.74) is 7.18. The number of pyridine rings is 1. The molecular weight excluding hydrogens is 342 g/mol. The van der Waals surface area contributed by atoms with E-state index in [1.807, 2.05) is 14.1 Å². The Morgan fingerprint density at radius 2 is 1.68 bits per heavy atom. The maximum Gasteiger partial charge on any atom is 0.137 e. The minimum atomic E-state index is 0.776. The van der Waals surface area contributed by atoms with Crippen LogP contribution in [0.5, 0.6) is 0 Å². The molecule has 3 nitrogen and oxygen atoms in total. The molecular formula is C25H29N3. The third-order valence-electron chi connectivity index (χ3n) is 4.73. The van der Waals surface area contributed by atoms with E-state index in [2.05, 4.69) is 90.6 Å². The summed E-state index contributed by atoms with van der Waals surface area (Å²) < 4.78 is 2.22. The molecule has 3 aromatic rings. The monoisotopic (exact) mass is 371 g/mol. The van der Waals surface area contributed by atoms with E-state index in [-0.39, 0.29) is 0 Å². The molecule has 0 fully saturated rings. The zero-order chi connectivity index (χ0) is 20.1. The summed E-state index contributed by atoms with van der Waals surface area (Å²) in [5.74, 6) is 7.47. The molecule has 0 spiro atoms. The second-order valence-corrected chi connectivity index (χ2v) is 7.69. The molecule has 0 N–H and O–H groups in total. The number of hydrogen-bond acceptors (Lipinski definition) is 2. The first-order valence-corrected chi connectivity index (χ1v) is 9.78. The lowest BCUT2D eigenvalue weighted by Crippen LogP contribution is -2.10. The summed E-state index contributed by atoms with van der Waals surface area (Å²) in [4.78, 5) is 7.01. The molecule has 0 unspecified atom stereocenters. The smallest absolute Gasteiger partial charge is 0.137 e. The molecule has 144 valence electrons. The van der Waals surface area contributed by atoms with Crippen LogP contribution in [0.25, 0.3) is 5.82 Å². The van der Waals surface area contributed by atoms with E-state index in [0.29, 0.717) is 0 Å². The van der Waals surface area contributed by atoms with Crippen LogP contribution in [0.15, 0.2) is 48.5 Å². The lowest BCUT2D eigenvalue weighted by atomic mass is 10.0. The average Bonchev–Trinajstić information content (AvgIpc) is 2.98. The predicted molar refractivity (Wildman–Crippen MR) is 117 cm³/mol. The van der Waals surface area contributed by atoms with Crippen molar-refractivity contribution in [3.05, 3.63) is 82.3 Å². The van der Waals surface area contributed by atoms with Crippen molar-refractivity contribution < 1.29 is 0 Å². The van der Waals surface area contributed by atoms with E-state index < -0.39 is 0 Å². The summed E-state index contributed by atoms with van der Waals surface area (Å²) in [6, 6.07) is 17.2. The Bertz CT molecular complexity index is 996. The summed E-state index contributed by atoms with van der Waals surface area (Å²) in [5, 5.41) is 0. The molecule has 0 aliphatic carbocycles. The van der Waals surface area contributed by atoms with E-state index in [9.17, 15) is 0 Å². The minimum Gasteiger partial charge on any atom is -0.303 e. The van der Waals surface area contributed by atoms with Crippen molar-refractivity contribution in [2.75, 3.05) is 20.6 Å². The molecule has 0 radical (unpaired) electrons. The van der Waals surface area contributed by atoms with Gasteiger partial charge in [-0.2, -0.15) is 0 Å². The lowest BCUT2D eigenvalue weighted by molar-refractivity contribution is 0.464. The van der Waals surface area contributed by atoms with Crippen LogP contribution in [0.4, 0.5) is 0 Å². The molecule has 0 aliphatic heterocycles. The van der Waals surface area contributed by atoms with Crippen LogP contribution in [0, 0.1) is 32.6 Å². The second kappa shape index (κ2) is 8.91. The van der Waals surface area contributed by atoms with Gasteiger partial charge in [0.15, 0.2) is 0 Å². The van der Waals surface area contributed by atoms with Crippen LogP contribution in [-0.2, 0) is 12.8 Å². The molecule has 0 amide bonds. The topological polar surface area (TPSA) is 21.1 Å². The van der Waals surface area contributed by atoms with Crippen molar-refractivity contribution in [3.63, 3.8) is 0 Å². The summed E-state index contributed by atoms with van der Waals surface area (Å²) in [6.07, 6.45) is 1.88. The van der Waals surface area contributed by atoms with E-state index in [0.717, 1.165) is 36.5 Å². The third kappa shape index (κ3) is 5.12. The third-order valence-corrected chi connectivity index (χ3v) is 4.73. The van der Waals surface area contributed by atoms with Gasteiger partial charge in [0.25, 0.3) is 0 Å². The number of aromatic nitrogens is 2. The van der Waals surface area contributed by atoms with Crippen LogP contribution in [0.1, 0.15) is 33.8 Å². The number of rotatable bonds is 5. The summed E-state index contributed by atoms with van der Waals surface area (Å²) in [6.45, 7) is 7.17. The highest BCUT2D eigenvalue weighted by molar-refractivity contribution is 5.38. The Morgan fingerprint density at radius 3 is 2.39 bits per heavy atom. The summed E-state index contributed by atoms with van der Waals surface area (Å²) in [7, 11) is 4.07. The lowest BCUT2D eigenvalue weighted by Gasteiger charge is -2.12. The molecule has 2 aromatic heterocycles. The second-order valence-electron chi connectivity index (χ2n) is 7.69. The zero-order valence-electron chi connectivity index (χ0n) is 17.6. The van der Waals surface area contributed by atoms with E-state index in [1.54, 1.807) is 0 Å². The van der Waals surface area contributed by atoms with Gasteiger partial charge < -0.3 is 4.57 Å². The molecule has 0 atom stereocenters. The maximum absolute atomic E-state index is 4.93. The molecule has 0 saturated heterocycles. The first-order valence-electron chi connectivity index (χ1n) is 9.78. The average molecular weight is 372 g/mol. The van der Waals surface area contributed by atoms with Gasteiger partial charge >= 0.3 is 0 Å². The largest absolute Gasteiger partial charge is 0.303 e. The SMILES string of the molecule is Cc1cc(CCc2cccc(C#CCN(C)C)c2)nc(-n2c(C)ccc2C)c1. The van der Waals surface area contributed by atoms with Gasteiger partial charge in [0.2, 0.25) is 0 Å².